The van der Waals surface area contributed by atoms with E-state index in [1.165, 1.54) is 11.8 Å². The third-order valence-corrected chi connectivity index (χ3v) is 6.38. The second-order valence-corrected chi connectivity index (χ2v) is 7.85. The number of thiophene rings is 1. The molecule has 2 heterocycles. The summed E-state index contributed by atoms with van der Waals surface area (Å²) in [6.45, 7) is 1.63. The van der Waals surface area contributed by atoms with Crippen molar-refractivity contribution in [2.24, 2.45) is 0 Å². The van der Waals surface area contributed by atoms with E-state index >= 15 is 0 Å². The molecule has 0 saturated heterocycles. The van der Waals surface area contributed by atoms with Crippen molar-refractivity contribution in [2.45, 2.75) is 17.2 Å². The first-order valence-corrected chi connectivity index (χ1v) is 9.99. The van der Waals surface area contributed by atoms with Crippen LogP contribution in [0.4, 0.5) is 0 Å². The number of carbonyl (C=O) groups is 1. The highest BCUT2D eigenvalue weighted by atomic mass is 32.2. The first kappa shape index (κ1) is 16.9. The molecule has 0 bridgehead atoms. The van der Waals surface area contributed by atoms with Gasteiger partial charge >= 0.3 is 0 Å². The number of aromatic nitrogens is 2. The molecule has 0 saturated carbocycles. The van der Waals surface area contributed by atoms with E-state index in [0.29, 0.717) is 0 Å². The Bertz CT molecular complexity index is 1050. The Morgan fingerprint density at radius 1 is 1.00 bits per heavy atom. The van der Waals surface area contributed by atoms with Gasteiger partial charge in [0.05, 0.1) is 10.6 Å². The fraction of sp³-hybridized carbons (Fsp3) is 0.0952. The maximum absolute atomic E-state index is 12.3. The highest BCUT2D eigenvalue weighted by Gasteiger charge is 2.22. The van der Waals surface area contributed by atoms with Crippen LogP contribution in [-0.2, 0) is 4.79 Å². The SMILES string of the molecule is CC(=O)[C@@H](Sc1ncnc2scc(-c3ccccc3)c12)c1ccccc1. The highest BCUT2D eigenvalue weighted by Crippen LogP contribution is 2.42. The lowest BCUT2D eigenvalue weighted by Crippen LogP contribution is -2.05. The van der Waals surface area contributed by atoms with Crippen molar-refractivity contribution in [2.75, 3.05) is 0 Å². The van der Waals surface area contributed by atoms with E-state index in [1.54, 1.807) is 24.6 Å². The zero-order chi connectivity index (χ0) is 17.9. The molecule has 2 aromatic carbocycles. The van der Waals surface area contributed by atoms with Gasteiger partial charge in [-0.3, -0.25) is 4.79 Å². The largest absolute Gasteiger partial charge is 0.298 e. The molecule has 0 radical (unpaired) electrons. The van der Waals surface area contributed by atoms with Gasteiger partial charge in [0.1, 0.15) is 22.0 Å². The summed E-state index contributed by atoms with van der Waals surface area (Å²) in [7, 11) is 0. The van der Waals surface area contributed by atoms with Crippen molar-refractivity contribution in [3.05, 3.63) is 77.9 Å². The number of benzene rings is 2. The Morgan fingerprint density at radius 3 is 2.38 bits per heavy atom. The zero-order valence-corrected chi connectivity index (χ0v) is 15.8. The molecule has 1 atom stereocenters. The molecular formula is C21H16N2OS2. The highest BCUT2D eigenvalue weighted by molar-refractivity contribution is 8.00. The standard InChI is InChI=1S/C21H16N2OS2/c1-14(24)19(16-10-6-3-7-11-16)26-21-18-17(15-8-4-2-5-9-15)12-25-20(18)22-13-23-21/h2-13,19H,1H3/t19-/m1/s1. The van der Waals surface area contributed by atoms with Gasteiger partial charge < -0.3 is 0 Å². The molecule has 0 spiro atoms. The van der Waals surface area contributed by atoms with Crippen LogP contribution in [0, 0.1) is 0 Å². The Kier molecular flexibility index (Phi) is 4.82. The molecule has 5 heteroatoms. The summed E-state index contributed by atoms with van der Waals surface area (Å²) in [6.07, 6.45) is 1.58. The first-order valence-electron chi connectivity index (χ1n) is 8.23. The summed E-state index contributed by atoms with van der Waals surface area (Å²) < 4.78 is 0. The normalized spacial score (nSPS) is 12.2. The van der Waals surface area contributed by atoms with Gasteiger partial charge in [-0.1, -0.05) is 72.4 Å². The quantitative estimate of drug-likeness (QED) is 0.327. The Hall–Kier alpha value is -2.50. The van der Waals surface area contributed by atoms with Gasteiger partial charge in [-0.15, -0.1) is 11.3 Å². The zero-order valence-electron chi connectivity index (χ0n) is 14.1. The van der Waals surface area contributed by atoms with Crippen LogP contribution in [0.3, 0.4) is 0 Å². The number of fused-ring (bicyclic) bond motifs is 1. The lowest BCUT2D eigenvalue weighted by atomic mass is 10.1. The number of hydrogen-bond donors (Lipinski definition) is 0. The molecule has 0 aliphatic rings. The summed E-state index contributed by atoms with van der Waals surface area (Å²) >= 11 is 3.10. The minimum Gasteiger partial charge on any atom is -0.298 e. The number of rotatable bonds is 5. The monoisotopic (exact) mass is 376 g/mol. The molecule has 0 aliphatic heterocycles. The van der Waals surface area contributed by atoms with Crippen molar-refractivity contribution in [1.82, 2.24) is 9.97 Å². The number of hydrogen-bond acceptors (Lipinski definition) is 5. The molecule has 0 amide bonds. The lowest BCUT2D eigenvalue weighted by molar-refractivity contribution is -0.116. The predicted molar refractivity (Wildman–Crippen MR) is 109 cm³/mol. The van der Waals surface area contributed by atoms with Gasteiger partial charge in [0.15, 0.2) is 0 Å². The van der Waals surface area contributed by atoms with E-state index in [1.807, 2.05) is 48.5 Å². The maximum atomic E-state index is 12.3. The smallest absolute Gasteiger partial charge is 0.147 e. The molecule has 0 fully saturated rings. The third kappa shape index (κ3) is 3.28. The summed E-state index contributed by atoms with van der Waals surface area (Å²) in [4.78, 5) is 22.2. The van der Waals surface area contributed by atoms with Crippen LogP contribution >= 0.6 is 23.1 Å². The number of carbonyl (C=O) groups excluding carboxylic acids is 1. The summed E-state index contributed by atoms with van der Waals surface area (Å²) in [5, 5.41) is 3.71. The molecule has 2 aromatic heterocycles. The van der Waals surface area contributed by atoms with Crippen LogP contribution in [0.1, 0.15) is 17.7 Å². The molecular weight excluding hydrogens is 360 g/mol. The Labute approximate surface area is 160 Å². The summed E-state index contributed by atoms with van der Waals surface area (Å²) in [5.74, 6) is 0.115. The van der Waals surface area contributed by atoms with Gasteiger partial charge in [-0.05, 0) is 18.1 Å². The molecule has 4 rings (SSSR count). The molecule has 128 valence electrons. The molecule has 0 N–H and O–H groups in total. The van der Waals surface area contributed by atoms with E-state index in [0.717, 1.165) is 31.9 Å². The molecule has 3 nitrogen and oxygen atoms in total. The van der Waals surface area contributed by atoms with Crippen LogP contribution < -0.4 is 0 Å². The fourth-order valence-corrected chi connectivity index (χ4v) is 4.99. The molecule has 26 heavy (non-hydrogen) atoms. The van der Waals surface area contributed by atoms with Crippen molar-refractivity contribution in [3.8, 4) is 11.1 Å². The van der Waals surface area contributed by atoms with E-state index in [9.17, 15) is 4.79 Å². The number of thioether (sulfide) groups is 1. The lowest BCUT2D eigenvalue weighted by Gasteiger charge is -2.14. The molecule has 0 aliphatic carbocycles. The van der Waals surface area contributed by atoms with Crippen LogP contribution in [0.2, 0.25) is 0 Å². The van der Waals surface area contributed by atoms with Crippen molar-refractivity contribution < 1.29 is 4.79 Å². The number of nitrogens with zero attached hydrogens (tertiary/aromatic N) is 2. The first-order chi connectivity index (χ1) is 12.7. The van der Waals surface area contributed by atoms with Gasteiger partial charge in [-0.2, -0.15) is 0 Å². The van der Waals surface area contributed by atoms with Gasteiger partial charge in [0.2, 0.25) is 0 Å². The maximum Gasteiger partial charge on any atom is 0.147 e. The average Bonchev–Trinajstić information content (AvgIpc) is 3.12. The topological polar surface area (TPSA) is 42.9 Å². The van der Waals surface area contributed by atoms with Crippen molar-refractivity contribution >= 4 is 39.1 Å². The van der Waals surface area contributed by atoms with Gasteiger partial charge in [0, 0.05) is 10.9 Å². The van der Waals surface area contributed by atoms with Gasteiger partial charge in [0.25, 0.3) is 0 Å². The number of Topliss-reactive ketones (excluding diaryl/α,β-unsaturated/α-hetero) is 1. The van der Waals surface area contributed by atoms with E-state index in [2.05, 4.69) is 27.5 Å². The Balaban J connectivity index is 1.81. The van der Waals surface area contributed by atoms with E-state index in [4.69, 9.17) is 0 Å². The second kappa shape index (κ2) is 7.40. The van der Waals surface area contributed by atoms with Gasteiger partial charge in [-0.25, -0.2) is 9.97 Å². The second-order valence-electron chi connectivity index (χ2n) is 5.89. The molecule has 4 aromatic rings. The summed E-state index contributed by atoms with van der Waals surface area (Å²) in [5.41, 5.74) is 3.24. The van der Waals surface area contributed by atoms with Crippen LogP contribution in [0.25, 0.3) is 21.3 Å². The average molecular weight is 377 g/mol. The summed E-state index contributed by atoms with van der Waals surface area (Å²) in [6, 6.07) is 20.1. The predicted octanol–water partition coefficient (Wildman–Crippen LogP) is 5.78. The minimum atomic E-state index is -0.280. The fourth-order valence-electron chi connectivity index (χ4n) is 2.89. The van der Waals surface area contributed by atoms with E-state index in [-0.39, 0.29) is 11.0 Å². The van der Waals surface area contributed by atoms with Crippen LogP contribution in [0.5, 0.6) is 0 Å². The third-order valence-electron chi connectivity index (χ3n) is 4.12. The van der Waals surface area contributed by atoms with Crippen LogP contribution in [-0.4, -0.2) is 15.8 Å². The van der Waals surface area contributed by atoms with Crippen molar-refractivity contribution in [1.29, 1.82) is 0 Å². The molecule has 0 unspecified atom stereocenters. The Morgan fingerprint density at radius 2 is 1.69 bits per heavy atom. The minimum absolute atomic E-state index is 0.115. The van der Waals surface area contributed by atoms with Crippen molar-refractivity contribution in [3.63, 3.8) is 0 Å². The van der Waals surface area contributed by atoms with E-state index < -0.39 is 0 Å². The number of ketones is 1. The van der Waals surface area contributed by atoms with Crippen LogP contribution in [0.15, 0.2) is 77.4 Å².